The van der Waals surface area contributed by atoms with Crippen LogP contribution < -0.4 is 11.1 Å². The number of anilines is 1. The van der Waals surface area contributed by atoms with E-state index in [0.717, 1.165) is 23.4 Å². The van der Waals surface area contributed by atoms with E-state index in [1.165, 1.54) is 0 Å². The van der Waals surface area contributed by atoms with Crippen molar-refractivity contribution in [2.75, 3.05) is 12.8 Å². The Morgan fingerprint density at radius 1 is 1.71 bits per heavy atom. The molecule has 0 aliphatic rings. The van der Waals surface area contributed by atoms with Gasteiger partial charge in [-0.25, -0.2) is 9.98 Å². The molecule has 1 rings (SSSR count). The van der Waals surface area contributed by atoms with Crippen LogP contribution in [-0.4, -0.2) is 16.3 Å². The molecule has 0 unspecified atom stereocenters. The van der Waals surface area contributed by atoms with Crippen LogP contribution in [0.15, 0.2) is 11.2 Å². The minimum atomic E-state index is 0.480. The Morgan fingerprint density at radius 2 is 2.43 bits per heavy atom. The SMILES string of the molecule is CNCc1c(C)cnc(N)c1N=CI. The van der Waals surface area contributed by atoms with Gasteiger partial charge in [-0.3, -0.25) is 0 Å². The molecule has 0 aliphatic heterocycles. The summed E-state index contributed by atoms with van der Waals surface area (Å²) in [4.78, 5) is 8.29. The first kappa shape index (κ1) is 11.4. The van der Waals surface area contributed by atoms with Crippen LogP contribution in [0.4, 0.5) is 11.5 Å². The molecular weight excluding hydrogens is 291 g/mol. The Balaban J connectivity index is 3.26. The third kappa shape index (κ3) is 2.42. The normalized spacial score (nSPS) is 11.1. The van der Waals surface area contributed by atoms with Gasteiger partial charge in [0.25, 0.3) is 0 Å². The van der Waals surface area contributed by atoms with Crippen LogP contribution in [0.25, 0.3) is 0 Å². The molecule has 0 spiro atoms. The van der Waals surface area contributed by atoms with E-state index in [0.29, 0.717) is 5.82 Å². The molecule has 4 nitrogen and oxygen atoms in total. The highest BCUT2D eigenvalue weighted by Crippen LogP contribution is 2.27. The van der Waals surface area contributed by atoms with Crippen molar-refractivity contribution >= 4 is 38.3 Å². The van der Waals surface area contributed by atoms with Gasteiger partial charge >= 0.3 is 0 Å². The lowest BCUT2D eigenvalue weighted by molar-refractivity contribution is 0.811. The van der Waals surface area contributed by atoms with Crippen molar-refractivity contribution in [3.8, 4) is 0 Å². The van der Waals surface area contributed by atoms with Gasteiger partial charge < -0.3 is 11.1 Å². The molecule has 14 heavy (non-hydrogen) atoms. The van der Waals surface area contributed by atoms with E-state index in [1.807, 2.05) is 14.0 Å². The summed E-state index contributed by atoms with van der Waals surface area (Å²) in [6.45, 7) is 2.76. The number of pyridine rings is 1. The number of hydrogen-bond donors (Lipinski definition) is 2. The highest BCUT2D eigenvalue weighted by molar-refractivity contribution is 14.1. The fraction of sp³-hybridized carbons (Fsp3) is 0.333. The second kappa shape index (κ2) is 5.26. The maximum absolute atomic E-state index is 5.75. The zero-order valence-electron chi connectivity index (χ0n) is 8.21. The lowest BCUT2D eigenvalue weighted by atomic mass is 10.1. The number of halogens is 1. The standard InChI is InChI=1S/C9H13IN4/c1-6-3-13-9(11)8(14-5-10)7(6)4-12-2/h3,5,12H,4H2,1-2H3,(H2,11,13). The summed E-state index contributed by atoms with van der Waals surface area (Å²) in [5, 5.41) is 3.09. The lowest BCUT2D eigenvalue weighted by Crippen LogP contribution is -2.08. The van der Waals surface area contributed by atoms with E-state index in [1.54, 1.807) is 10.4 Å². The van der Waals surface area contributed by atoms with Crippen LogP contribution in [0, 0.1) is 6.92 Å². The fourth-order valence-corrected chi connectivity index (χ4v) is 1.52. The number of aliphatic imine (C=N–C) groups is 1. The number of hydrogen-bond acceptors (Lipinski definition) is 4. The van der Waals surface area contributed by atoms with Crippen molar-refractivity contribution in [3.63, 3.8) is 0 Å². The summed E-state index contributed by atoms with van der Waals surface area (Å²) in [6, 6.07) is 0. The van der Waals surface area contributed by atoms with E-state index < -0.39 is 0 Å². The van der Waals surface area contributed by atoms with Crippen LogP contribution in [0.1, 0.15) is 11.1 Å². The molecule has 0 saturated carbocycles. The zero-order valence-corrected chi connectivity index (χ0v) is 10.4. The van der Waals surface area contributed by atoms with Crippen molar-refractivity contribution in [3.05, 3.63) is 17.3 Å². The second-order valence-corrected chi connectivity index (χ2v) is 3.47. The number of nitrogen functional groups attached to an aromatic ring is 1. The number of nitrogens with zero attached hydrogens (tertiary/aromatic N) is 2. The molecular formula is C9H13IN4. The zero-order chi connectivity index (χ0) is 10.6. The topological polar surface area (TPSA) is 63.3 Å². The van der Waals surface area contributed by atoms with Crippen molar-refractivity contribution < 1.29 is 0 Å². The molecule has 5 heteroatoms. The summed E-state index contributed by atoms with van der Waals surface area (Å²) in [5.74, 6) is 0.480. The second-order valence-electron chi connectivity index (χ2n) is 2.91. The molecule has 0 amide bonds. The number of nitrogens with two attached hydrogens (primary N) is 1. The summed E-state index contributed by atoms with van der Waals surface area (Å²) < 4.78 is 1.70. The molecule has 0 aromatic carbocycles. The number of nitrogens with one attached hydrogen (secondary N) is 1. The monoisotopic (exact) mass is 304 g/mol. The summed E-state index contributed by atoms with van der Waals surface area (Å²) in [5.41, 5.74) is 8.73. The molecule has 1 aromatic rings. The lowest BCUT2D eigenvalue weighted by Gasteiger charge is -2.09. The van der Waals surface area contributed by atoms with Gasteiger partial charge in [0, 0.05) is 12.7 Å². The Labute approximate surface area is 97.2 Å². The first-order chi connectivity index (χ1) is 6.70. The molecule has 0 radical (unpaired) electrons. The van der Waals surface area contributed by atoms with Crippen LogP contribution in [0.3, 0.4) is 0 Å². The maximum Gasteiger partial charge on any atom is 0.149 e. The van der Waals surface area contributed by atoms with Gasteiger partial charge in [-0.2, -0.15) is 0 Å². The smallest absolute Gasteiger partial charge is 0.149 e. The molecule has 1 heterocycles. The molecule has 1 aromatic heterocycles. The summed E-state index contributed by atoms with van der Waals surface area (Å²) in [6.07, 6.45) is 1.77. The molecule has 3 N–H and O–H groups in total. The van der Waals surface area contributed by atoms with Crippen LogP contribution in [0.5, 0.6) is 0 Å². The predicted molar refractivity (Wildman–Crippen MR) is 68.3 cm³/mol. The highest BCUT2D eigenvalue weighted by Gasteiger charge is 2.08. The van der Waals surface area contributed by atoms with Crippen molar-refractivity contribution in [2.45, 2.75) is 13.5 Å². The van der Waals surface area contributed by atoms with Crippen molar-refractivity contribution in [2.24, 2.45) is 4.99 Å². The van der Waals surface area contributed by atoms with Crippen molar-refractivity contribution in [1.29, 1.82) is 0 Å². The van der Waals surface area contributed by atoms with Gasteiger partial charge in [-0.1, -0.05) is 0 Å². The van der Waals surface area contributed by atoms with E-state index >= 15 is 0 Å². The maximum atomic E-state index is 5.75. The highest BCUT2D eigenvalue weighted by atomic mass is 127. The van der Waals surface area contributed by atoms with E-state index in [9.17, 15) is 0 Å². The Hall–Kier alpha value is -0.690. The molecule has 0 atom stereocenters. The molecule has 0 fully saturated rings. The number of rotatable bonds is 3. The van der Waals surface area contributed by atoms with Gasteiger partial charge in [0.1, 0.15) is 11.5 Å². The minimum Gasteiger partial charge on any atom is -0.382 e. The predicted octanol–water partition coefficient (Wildman–Crippen LogP) is 1.79. The quantitative estimate of drug-likeness (QED) is 0.661. The molecule has 0 aliphatic carbocycles. The van der Waals surface area contributed by atoms with Gasteiger partial charge in [0.15, 0.2) is 0 Å². The van der Waals surface area contributed by atoms with Gasteiger partial charge in [0.2, 0.25) is 0 Å². The van der Waals surface area contributed by atoms with Gasteiger partial charge in [-0.15, -0.1) is 0 Å². The van der Waals surface area contributed by atoms with Gasteiger partial charge in [-0.05, 0) is 47.7 Å². The summed E-state index contributed by atoms with van der Waals surface area (Å²) in [7, 11) is 1.90. The Morgan fingerprint density at radius 3 is 3.00 bits per heavy atom. The minimum absolute atomic E-state index is 0.480. The molecule has 76 valence electrons. The Bertz CT molecular complexity index is 349. The van der Waals surface area contributed by atoms with Crippen LogP contribution >= 0.6 is 22.6 Å². The van der Waals surface area contributed by atoms with Crippen LogP contribution in [-0.2, 0) is 6.54 Å². The summed E-state index contributed by atoms with van der Waals surface area (Å²) >= 11 is 2.07. The average molecular weight is 304 g/mol. The average Bonchev–Trinajstić information content (AvgIpc) is 2.17. The first-order valence-corrected chi connectivity index (χ1v) is 5.46. The number of aryl methyl sites for hydroxylation is 1. The van der Waals surface area contributed by atoms with Gasteiger partial charge in [0.05, 0.1) is 4.22 Å². The molecule has 0 saturated heterocycles. The van der Waals surface area contributed by atoms with E-state index in [4.69, 9.17) is 5.73 Å². The third-order valence-corrected chi connectivity index (χ3v) is 2.21. The third-order valence-electron chi connectivity index (χ3n) is 1.93. The van der Waals surface area contributed by atoms with E-state index in [2.05, 4.69) is 37.9 Å². The van der Waals surface area contributed by atoms with Crippen molar-refractivity contribution in [1.82, 2.24) is 10.3 Å². The molecule has 0 bridgehead atoms. The Kier molecular flexibility index (Phi) is 4.27. The number of aromatic nitrogens is 1. The fourth-order valence-electron chi connectivity index (χ4n) is 1.24. The van der Waals surface area contributed by atoms with Crippen LogP contribution in [0.2, 0.25) is 0 Å². The largest absolute Gasteiger partial charge is 0.382 e. The first-order valence-electron chi connectivity index (χ1n) is 4.22. The van der Waals surface area contributed by atoms with E-state index in [-0.39, 0.29) is 0 Å².